The second kappa shape index (κ2) is 7.64. The Bertz CT molecular complexity index is 619. The highest BCUT2D eigenvalue weighted by atomic mass is 35.5. The highest BCUT2D eigenvalue weighted by molar-refractivity contribution is 6.32. The molecule has 2 aromatic rings. The fourth-order valence-electron chi connectivity index (χ4n) is 1.90. The largest absolute Gasteiger partial charge is 0.487 e. The maximum atomic E-state index is 13.1. The molecule has 112 valence electrons. The molecule has 21 heavy (non-hydrogen) atoms. The first-order chi connectivity index (χ1) is 10.1. The maximum Gasteiger partial charge on any atom is 0.142 e. The number of ether oxygens (including phenoxy) is 1. The van der Waals surface area contributed by atoms with Crippen molar-refractivity contribution >= 4 is 23.2 Å². The molecular formula is C16H16Cl2FNO. The lowest BCUT2D eigenvalue weighted by molar-refractivity contribution is 0.302. The summed E-state index contributed by atoms with van der Waals surface area (Å²) in [6, 6.07) is 10.1. The summed E-state index contributed by atoms with van der Waals surface area (Å²) in [4.78, 5) is 0. The van der Waals surface area contributed by atoms with E-state index in [4.69, 9.17) is 27.9 Å². The summed E-state index contributed by atoms with van der Waals surface area (Å²) >= 11 is 12.0. The molecular weight excluding hydrogens is 312 g/mol. The predicted octanol–water partition coefficient (Wildman–Crippen LogP) is 4.82. The minimum absolute atomic E-state index is 0.0862. The smallest absolute Gasteiger partial charge is 0.142 e. The van der Waals surface area contributed by atoms with Crippen molar-refractivity contribution in [2.45, 2.75) is 20.1 Å². The zero-order valence-corrected chi connectivity index (χ0v) is 13.1. The summed E-state index contributed by atoms with van der Waals surface area (Å²) in [6.45, 7) is 3.85. The van der Waals surface area contributed by atoms with Crippen LogP contribution in [0.15, 0.2) is 36.4 Å². The quantitative estimate of drug-likeness (QED) is 0.821. The molecule has 0 atom stereocenters. The second-order valence-electron chi connectivity index (χ2n) is 4.55. The van der Waals surface area contributed by atoms with Crippen LogP contribution in [-0.4, -0.2) is 6.54 Å². The average Bonchev–Trinajstić information content (AvgIpc) is 2.47. The van der Waals surface area contributed by atoms with Crippen molar-refractivity contribution in [1.82, 2.24) is 5.32 Å². The number of hydrogen-bond donors (Lipinski definition) is 1. The van der Waals surface area contributed by atoms with Crippen molar-refractivity contribution in [1.29, 1.82) is 0 Å². The number of halogens is 3. The van der Waals surface area contributed by atoms with E-state index in [2.05, 4.69) is 5.32 Å². The molecule has 0 amide bonds. The van der Waals surface area contributed by atoms with Gasteiger partial charge in [0.25, 0.3) is 0 Å². The molecule has 0 aromatic heterocycles. The number of benzene rings is 2. The van der Waals surface area contributed by atoms with Gasteiger partial charge in [-0.15, -0.1) is 0 Å². The zero-order valence-electron chi connectivity index (χ0n) is 11.6. The normalized spacial score (nSPS) is 10.7. The molecule has 2 aromatic carbocycles. The van der Waals surface area contributed by atoms with Gasteiger partial charge < -0.3 is 10.1 Å². The van der Waals surface area contributed by atoms with Crippen LogP contribution in [0.3, 0.4) is 0 Å². The van der Waals surface area contributed by atoms with Gasteiger partial charge in [-0.2, -0.15) is 0 Å². The first kappa shape index (κ1) is 16.1. The van der Waals surface area contributed by atoms with Gasteiger partial charge in [-0.25, -0.2) is 4.39 Å². The van der Waals surface area contributed by atoms with E-state index >= 15 is 0 Å². The third-order valence-corrected chi connectivity index (χ3v) is 3.57. The molecule has 0 saturated heterocycles. The molecule has 0 aliphatic carbocycles. The maximum absolute atomic E-state index is 13.1. The van der Waals surface area contributed by atoms with Crippen LogP contribution < -0.4 is 10.1 Å². The van der Waals surface area contributed by atoms with Crippen molar-refractivity contribution in [3.05, 3.63) is 63.4 Å². The molecule has 0 bridgehead atoms. The number of hydrogen-bond acceptors (Lipinski definition) is 2. The summed E-state index contributed by atoms with van der Waals surface area (Å²) in [5.74, 6) is 0.201. The summed E-state index contributed by atoms with van der Waals surface area (Å²) in [5.41, 5.74) is 1.77. The minimum atomic E-state index is -0.439. The van der Waals surface area contributed by atoms with Crippen LogP contribution in [0.1, 0.15) is 18.1 Å². The Kier molecular flexibility index (Phi) is 5.85. The van der Waals surface area contributed by atoms with Gasteiger partial charge in [0.1, 0.15) is 18.2 Å². The van der Waals surface area contributed by atoms with Crippen molar-refractivity contribution in [2.24, 2.45) is 0 Å². The van der Waals surface area contributed by atoms with Crippen LogP contribution in [0.2, 0.25) is 10.0 Å². The number of rotatable bonds is 6. The first-order valence-corrected chi connectivity index (χ1v) is 7.42. The lowest BCUT2D eigenvalue weighted by atomic mass is 10.2. The molecule has 0 spiro atoms. The monoisotopic (exact) mass is 327 g/mol. The summed E-state index contributed by atoms with van der Waals surface area (Å²) < 4.78 is 18.9. The van der Waals surface area contributed by atoms with E-state index in [-0.39, 0.29) is 11.6 Å². The molecule has 0 unspecified atom stereocenters. The Morgan fingerprint density at radius 1 is 1.14 bits per heavy atom. The van der Waals surface area contributed by atoms with Crippen molar-refractivity contribution in [3.63, 3.8) is 0 Å². The van der Waals surface area contributed by atoms with E-state index in [1.165, 1.54) is 6.07 Å². The van der Waals surface area contributed by atoms with Crippen LogP contribution >= 0.6 is 23.2 Å². The van der Waals surface area contributed by atoms with Crippen LogP contribution in [0.4, 0.5) is 4.39 Å². The lowest BCUT2D eigenvalue weighted by Crippen LogP contribution is -2.13. The number of nitrogens with one attached hydrogen (secondary N) is 1. The van der Waals surface area contributed by atoms with Crippen LogP contribution in [0, 0.1) is 5.82 Å². The van der Waals surface area contributed by atoms with Gasteiger partial charge in [0.2, 0.25) is 0 Å². The Morgan fingerprint density at radius 3 is 2.67 bits per heavy atom. The average molecular weight is 328 g/mol. The molecule has 2 nitrogen and oxygen atoms in total. The third-order valence-electron chi connectivity index (χ3n) is 2.98. The van der Waals surface area contributed by atoms with Gasteiger partial charge in [-0.1, -0.05) is 48.3 Å². The van der Waals surface area contributed by atoms with Gasteiger partial charge in [0.15, 0.2) is 0 Å². The highest BCUT2D eigenvalue weighted by Gasteiger charge is 2.09. The molecule has 2 rings (SSSR count). The van der Waals surface area contributed by atoms with Gasteiger partial charge in [-0.3, -0.25) is 0 Å². The molecule has 0 aliphatic rings. The van der Waals surface area contributed by atoms with E-state index in [0.29, 0.717) is 17.3 Å². The number of para-hydroxylation sites is 1. The molecule has 5 heteroatoms. The van der Waals surface area contributed by atoms with E-state index in [9.17, 15) is 4.39 Å². The Hall–Kier alpha value is -1.29. The van der Waals surface area contributed by atoms with E-state index in [1.807, 2.05) is 19.1 Å². The molecule has 0 fully saturated rings. The summed E-state index contributed by atoms with van der Waals surface area (Å²) in [7, 11) is 0. The standard InChI is InChI=1S/C16H16Cl2FNO/c1-2-20-9-12-4-3-5-13(17)16(12)21-10-11-6-7-15(19)14(18)8-11/h3-8,20H,2,9-10H2,1H3. The fourth-order valence-corrected chi connectivity index (χ4v) is 2.35. The highest BCUT2D eigenvalue weighted by Crippen LogP contribution is 2.29. The van der Waals surface area contributed by atoms with Gasteiger partial charge in [0.05, 0.1) is 10.0 Å². The molecule has 0 saturated carbocycles. The Morgan fingerprint density at radius 2 is 1.95 bits per heavy atom. The topological polar surface area (TPSA) is 21.3 Å². The fraction of sp³-hybridized carbons (Fsp3) is 0.250. The Labute approximate surface area is 133 Å². The van der Waals surface area contributed by atoms with E-state index < -0.39 is 5.82 Å². The lowest BCUT2D eigenvalue weighted by Gasteiger charge is -2.13. The van der Waals surface area contributed by atoms with Crippen molar-refractivity contribution < 1.29 is 9.13 Å². The van der Waals surface area contributed by atoms with Crippen LogP contribution in [-0.2, 0) is 13.2 Å². The zero-order chi connectivity index (χ0) is 15.2. The SMILES string of the molecule is CCNCc1cccc(Cl)c1OCc1ccc(F)c(Cl)c1. The molecule has 0 aliphatic heterocycles. The molecule has 1 N–H and O–H groups in total. The predicted molar refractivity (Wildman–Crippen MR) is 84.6 cm³/mol. The van der Waals surface area contributed by atoms with Gasteiger partial charge in [-0.05, 0) is 30.3 Å². The van der Waals surface area contributed by atoms with Crippen molar-refractivity contribution in [3.8, 4) is 5.75 Å². The van der Waals surface area contributed by atoms with Crippen LogP contribution in [0.5, 0.6) is 5.75 Å². The summed E-state index contributed by atoms with van der Waals surface area (Å²) in [6.07, 6.45) is 0. The molecule has 0 heterocycles. The van der Waals surface area contributed by atoms with E-state index in [0.717, 1.165) is 17.7 Å². The summed E-state index contributed by atoms with van der Waals surface area (Å²) in [5, 5.41) is 3.88. The molecule has 0 radical (unpaired) electrons. The second-order valence-corrected chi connectivity index (χ2v) is 5.36. The van der Waals surface area contributed by atoms with E-state index in [1.54, 1.807) is 18.2 Å². The van der Waals surface area contributed by atoms with Crippen molar-refractivity contribution in [2.75, 3.05) is 6.54 Å². The first-order valence-electron chi connectivity index (χ1n) is 6.66. The minimum Gasteiger partial charge on any atom is -0.487 e. The Balaban J connectivity index is 2.13. The van der Waals surface area contributed by atoms with Gasteiger partial charge in [0, 0.05) is 12.1 Å². The van der Waals surface area contributed by atoms with Gasteiger partial charge >= 0.3 is 0 Å². The third kappa shape index (κ3) is 4.34. The van der Waals surface area contributed by atoms with Crippen LogP contribution in [0.25, 0.3) is 0 Å².